The average Bonchev–Trinajstić information content (AvgIpc) is 2.50. The molecule has 1 rings (SSSR count). The molecule has 0 aromatic rings. The molecule has 1 unspecified atom stereocenters. The summed E-state index contributed by atoms with van der Waals surface area (Å²) in [5.41, 5.74) is 1.14. The Morgan fingerprint density at radius 3 is 2.86 bits per heavy atom. The van der Waals surface area contributed by atoms with E-state index in [0.29, 0.717) is 11.8 Å². The Bertz CT molecular complexity index is 268. The predicted octanol–water partition coefficient (Wildman–Crippen LogP) is 2.32. The second-order valence-corrected chi connectivity index (χ2v) is 3.72. The van der Waals surface area contributed by atoms with Crippen LogP contribution in [0.1, 0.15) is 33.1 Å². The van der Waals surface area contributed by atoms with Crippen molar-refractivity contribution in [2.75, 3.05) is 6.54 Å². The Hall–Kier alpha value is -1.12. The van der Waals surface area contributed by atoms with Crippen molar-refractivity contribution in [3.63, 3.8) is 0 Å². The van der Waals surface area contributed by atoms with Gasteiger partial charge in [-0.05, 0) is 19.3 Å². The van der Waals surface area contributed by atoms with Crippen LogP contribution in [0.5, 0.6) is 0 Å². The number of carbonyl (C=O) groups excluding carboxylic acids is 1. The highest BCUT2D eigenvalue weighted by atomic mass is 16.6. The highest BCUT2D eigenvalue weighted by Gasteiger charge is 2.20. The SMILES string of the molecule is C=C(C)C(CCC)CC1=NCC(=O)O1. The van der Waals surface area contributed by atoms with Crippen molar-refractivity contribution < 1.29 is 9.53 Å². The lowest BCUT2D eigenvalue weighted by molar-refractivity contribution is -0.132. The van der Waals surface area contributed by atoms with Crippen LogP contribution in [0, 0.1) is 5.92 Å². The molecule has 0 bridgehead atoms. The molecule has 0 saturated heterocycles. The first kappa shape index (κ1) is 11.0. The molecule has 1 aliphatic heterocycles. The lowest BCUT2D eigenvalue weighted by atomic mass is 9.93. The van der Waals surface area contributed by atoms with E-state index in [0.717, 1.165) is 24.8 Å². The topological polar surface area (TPSA) is 38.7 Å². The molecular weight excluding hydrogens is 178 g/mol. The maximum atomic E-state index is 10.8. The van der Waals surface area contributed by atoms with Gasteiger partial charge in [0.05, 0.1) is 0 Å². The van der Waals surface area contributed by atoms with Crippen molar-refractivity contribution in [3.05, 3.63) is 12.2 Å². The molecule has 78 valence electrons. The summed E-state index contributed by atoms with van der Waals surface area (Å²) >= 11 is 0. The van der Waals surface area contributed by atoms with Crippen LogP contribution in [0.3, 0.4) is 0 Å². The van der Waals surface area contributed by atoms with Crippen LogP contribution in [0.2, 0.25) is 0 Å². The van der Waals surface area contributed by atoms with Gasteiger partial charge in [-0.1, -0.05) is 25.5 Å². The first-order valence-electron chi connectivity index (χ1n) is 5.03. The van der Waals surface area contributed by atoms with Gasteiger partial charge in [0.25, 0.3) is 0 Å². The second-order valence-electron chi connectivity index (χ2n) is 3.72. The Morgan fingerprint density at radius 2 is 2.43 bits per heavy atom. The van der Waals surface area contributed by atoms with Gasteiger partial charge in [0.15, 0.2) is 5.90 Å². The zero-order valence-corrected chi connectivity index (χ0v) is 8.88. The molecule has 0 spiro atoms. The van der Waals surface area contributed by atoms with Gasteiger partial charge < -0.3 is 4.74 Å². The molecule has 0 aromatic carbocycles. The summed E-state index contributed by atoms with van der Waals surface area (Å²) in [5.74, 6) is 0.734. The molecule has 3 heteroatoms. The predicted molar refractivity (Wildman–Crippen MR) is 56.2 cm³/mol. The number of nitrogens with zero attached hydrogens (tertiary/aromatic N) is 1. The van der Waals surface area contributed by atoms with Crippen molar-refractivity contribution in [1.82, 2.24) is 0 Å². The number of aliphatic imine (C=N–C) groups is 1. The van der Waals surface area contributed by atoms with E-state index in [4.69, 9.17) is 4.74 Å². The molecule has 0 saturated carbocycles. The third-order valence-corrected chi connectivity index (χ3v) is 2.37. The molecule has 1 atom stereocenters. The van der Waals surface area contributed by atoms with Gasteiger partial charge in [-0.25, -0.2) is 9.79 Å². The second kappa shape index (κ2) is 4.94. The maximum Gasteiger partial charge on any atom is 0.334 e. The molecule has 3 nitrogen and oxygen atoms in total. The van der Waals surface area contributed by atoms with Gasteiger partial charge in [0, 0.05) is 6.42 Å². The fraction of sp³-hybridized carbons (Fsp3) is 0.636. The molecule has 0 aromatic heterocycles. The number of rotatable bonds is 5. The zero-order valence-electron chi connectivity index (χ0n) is 8.88. The number of carbonyl (C=O) groups is 1. The van der Waals surface area contributed by atoms with E-state index < -0.39 is 0 Å². The van der Waals surface area contributed by atoms with Gasteiger partial charge in [-0.2, -0.15) is 0 Å². The Morgan fingerprint density at radius 1 is 1.71 bits per heavy atom. The fourth-order valence-corrected chi connectivity index (χ4v) is 1.54. The summed E-state index contributed by atoms with van der Waals surface area (Å²) in [6.45, 7) is 8.27. The molecular formula is C11H17NO2. The van der Waals surface area contributed by atoms with E-state index in [1.807, 2.05) is 6.92 Å². The number of cyclic esters (lactones) is 1. The summed E-state index contributed by atoms with van der Waals surface area (Å²) in [7, 11) is 0. The molecule has 14 heavy (non-hydrogen) atoms. The number of ether oxygens (including phenoxy) is 1. The molecule has 0 amide bonds. The molecule has 1 aliphatic rings. The molecule has 0 fully saturated rings. The highest BCUT2D eigenvalue weighted by molar-refractivity contribution is 5.95. The Balaban J connectivity index is 2.47. The first-order chi connectivity index (χ1) is 6.63. The first-order valence-corrected chi connectivity index (χ1v) is 5.03. The minimum atomic E-state index is -0.239. The van der Waals surface area contributed by atoms with Crippen molar-refractivity contribution in [1.29, 1.82) is 0 Å². The van der Waals surface area contributed by atoms with Gasteiger partial charge in [-0.3, -0.25) is 0 Å². The fourth-order valence-electron chi connectivity index (χ4n) is 1.54. The van der Waals surface area contributed by atoms with E-state index in [9.17, 15) is 4.79 Å². The van der Waals surface area contributed by atoms with Gasteiger partial charge >= 0.3 is 5.97 Å². The molecule has 0 N–H and O–H groups in total. The summed E-state index contributed by atoms with van der Waals surface area (Å²) in [4.78, 5) is 14.8. The van der Waals surface area contributed by atoms with Crippen molar-refractivity contribution >= 4 is 11.9 Å². The van der Waals surface area contributed by atoms with Crippen LogP contribution >= 0.6 is 0 Å². The monoisotopic (exact) mass is 195 g/mol. The zero-order chi connectivity index (χ0) is 10.6. The van der Waals surface area contributed by atoms with Crippen molar-refractivity contribution in [2.24, 2.45) is 10.9 Å². The third kappa shape index (κ3) is 2.98. The summed E-state index contributed by atoms with van der Waals surface area (Å²) in [5, 5.41) is 0. The molecule has 0 radical (unpaired) electrons. The largest absolute Gasteiger partial charge is 0.411 e. The van der Waals surface area contributed by atoms with Crippen molar-refractivity contribution in [2.45, 2.75) is 33.1 Å². The van der Waals surface area contributed by atoms with Crippen LogP contribution in [0.25, 0.3) is 0 Å². The van der Waals surface area contributed by atoms with Crippen LogP contribution in [-0.4, -0.2) is 18.4 Å². The quantitative estimate of drug-likeness (QED) is 0.499. The standard InChI is InChI=1S/C11H17NO2/c1-4-5-9(8(2)3)6-10-12-7-11(13)14-10/h9H,2,4-7H2,1,3H3. The number of allylic oxidation sites excluding steroid dienone is 1. The van der Waals surface area contributed by atoms with Crippen LogP contribution in [-0.2, 0) is 9.53 Å². The summed E-state index contributed by atoms with van der Waals surface area (Å²) < 4.78 is 4.96. The minimum Gasteiger partial charge on any atom is -0.411 e. The van der Waals surface area contributed by atoms with Gasteiger partial charge in [-0.15, -0.1) is 0 Å². The van der Waals surface area contributed by atoms with E-state index in [-0.39, 0.29) is 12.5 Å². The number of esters is 1. The summed E-state index contributed by atoms with van der Waals surface area (Å²) in [6.07, 6.45) is 2.90. The van der Waals surface area contributed by atoms with Gasteiger partial charge in [0.1, 0.15) is 6.54 Å². The van der Waals surface area contributed by atoms with E-state index >= 15 is 0 Å². The van der Waals surface area contributed by atoms with Crippen LogP contribution < -0.4 is 0 Å². The van der Waals surface area contributed by atoms with Crippen LogP contribution in [0.15, 0.2) is 17.1 Å². The normalized spacial score (nSPS) is 17.6. The number of hydrogen-bond donors (Lipinski definition) is 0. The smallest absolute Gasteiger partial charge is 0.334 e. The highest BCUT2D eigenvalue weighted by Crippen LogP contribution is 2.21. The Labute approximate surface area is 84.9 Å². The van der Waals surface area contributed by atoms with Crippen LogP contribution in [0.4, 0.5) is 0 Å². The van der Waals surface area contributed by atoms with E-state index in [1.54, 1.807) is 0 Å². The van der Waals surface area contributed by atoms with Crippen molar-refractivity contribution in [3.8, 4) is 0 Å². The molecule has 0 aliphatic carbocycles. The van der Waals surface area contributed by atoms with E-state index in [1.165, 1.54) is 0 Å². The lowest BCUT2D eigenvalue weighted by Crippen LogP contribution is -2.11. The number of hydrogen-bond acceptors (Lipinski definition) is 3. The Kier molecular flexibility index (Phi) is 3.86. The summed E-state index contributed by atoms with van der Waals surface area (Å²) in [6, 6.07) is 0. The maximum absolute atomic E-state index is 10.8. The minimum absolute atomic E-state index is 0.185. The molecule has 1 heterocycles. The average molecular weight is 195 g/mol. The van der Waals surface area contributed by atoms with Gasteiger partial charge in [0.2, 0.25) is 0 Å². The van der Waals surface area contributed by atoms with E-state index in [2.05, 4.69) is 18.5 Å². The lowest BCUT2D eigenvalue weighted by Gasteiger charge is -2.14. The third-order valence-electron chi connectivity index (χ3n) is 2.37.